The molecule has 2 aromatic carbocycles. The minimum atomic E-state index is -3.40. The fraction of sp³-hybridized carbons (Fsp3) is 0.364. The van der Waals surface area contributed by atoms with Crippen molar-refractivity contribution in [1.82, 2.24) is 9.21 Å². The Labute approximate surface area is 163 Å². The van der Waals surface area contributed by atoms with E-state index in [1.165, 1.54) is 11.1 Å². The molecule has 0 bridgehead atoms. The van der Waals surface area contributed by atoms with Gasteiger partial charge in [-0.25, -0.2) is 8.42 Å². The van der Waals surface area contributed by atoms with Crippen LogP contribution >= 0.6 is 0 Å². The minimum Gasteiger partial charge on any atom is -0.298 e. The Morgan fingerprint density at radius 3 is 2.15 bits per heavy atom. The van der Waals surface area contributed by atoms with Crippen molar-refractivity contribution in [3.8, 4) is 0 Å². The van der Waals surface area contributed by atoms with Crippen molar-refractivity contribution < 1.29 is 8.42 Å². The van der Waals surface area contributed by atoms with Gasteiger partial charge in [0, 0.05) is 26.2 Å². The van der Waals surface area contributed by atoms with Crippen LogP contribution in [0.25, 0.3) is 6.08 Å². The van der Waals surface area contributed by atoms with Crippen LogP contribution in [0.15, 0.2) is 59.5 Å². The average molecular weight is 385 g/mol. The lowest BCUT2D eigenvalue weighted by molar-refractivity contribution is 0.316. The summed E-state index contributed by atoms with van der Waals surface area (Å²) in [5, 5.41) is 0. The molecule has 0 aromatic heterocycles. The third-order valence-corrected chi connectivity index (χ3v) is 6.87. The SMILES string of the molecule is Cc1ccc(C=CCN2CCCN(S(=O)(=O)c3ccc(C)cc3)CC2)cc1. The summed E-state index contributed by atoms with van der Waals surface area (Å²) in [4.78, 5) is 2.70. The fourth-order valence-electron chi connectivity index (χ4n) is 3.24. The summed E-state index contributed by atoms with van der Waals surface area (Å²) in [6.07, 6.45) is 5.14. The van der Waals surface area contributed by atoms with Gasteiger partial charge in [0.15, 0.2) is 0 Å². The predicted molar refractivity (Wildman–Crippen MR) is 111 cm³/mol. The van der Waals surface area contributed by atoms with Crippen molar-refractivity contribution in [2.45, 2.75) is 25.2 Å². The van der Waals surface area contributed by atoms with Crippen LogP contribution in [0, 0.1) is 13.8 Å². The van der Waals surface area contributed by atoms with Gasteiger partial charge in [-0.2, -0.15) is 4.31 Å². The van der Waals surface area contributed by atoms with Gasteiger partial charge in [0.1, 0.15) is 0 Å². The van der Waals surface area contributed by atoms with E-state index < -0.39 is 10.0 Å². The molecule has 0 unspecified atom stereocenters. The highest BCUT2D eigenvalue weighted by Gasteiger charge is 2.26. The molecule has 0 N–H and O–H groups in total. The maximum absolute atomic E-state index is 12.9. The lowest BCUT2D eigenvalue weighted by Crippen LogP contribution is -2.35. The van der Waals surface area contributed by atoms with E-state index in [1.807, 2.05) is 19.1 Å². The van der Waals surface area contributed by atoms with E-state index in [0.717, 1.165) is 31.6 Å². The Balaban J connectivity index is 1.58. The molecule has 0 atom stereocenters. The van der Waals surface area contributed by atoms with Crippen molar-refractivity contribution in [1.29, 1.82) is 0 Å². The first-order valence-electron chi connectivity index (χ1n) is 9.47. The van der Waals surface area contributed by atoms with Crippen molar-refractivity contribution in [2.75, 3.05) is 32.7 Å². The van der Waals surface area contributed by atoms with Gasteiger partial charge in [-0.15, -0.1) is 0 Å². The number of rotatable bonds is 5. The molecular formula is C22H28N2O2S. The molecular weight excluding hydrogens is 356 g/mol. The zero-order chi connectivity index (χ0) is 19.3. The highest BCUT2D eigenvalue weighted by molar-refractivity contribution is 7.89. The molecule has 0 amide bonds. The molecule has 1 aliphatic heterocycles. The maximum Gasteiger partial charge on any atom is 0.243 e. The zero-order valence-electron chi connectivity index (χ0n) is 16.1. The number of benzene rings is 2. The Morgan fingerprint density at radius 1 is 0.852 bits per heavy atom. The Kier molecular flexibility index (Phi) is 6.47. The maximum atomic E-state index is 12.9. The molecule has 1 aliphatic rings. The Morgan fingerprint density at radius 2 is 1.48 bits per heavy atom. The van der Waals surface area contributed by atoms with E-state index in [4.69, 9.17) is 0 Å². The van der Waals surface area contributed by atoms with Crippen LogP contribution in [0.5, 0.6) is 0 Å². The van der Waals surface area contributed by atoms with Gasteiger partial charge in [0.25, 0.3) is 0 Å². The van der Waals surface area contributed by atoms with Gasteiger partial charge in [0.05, 0.1) is 4.90 Å². The van der Waals surface area contributed by atoms with Crippen molar-refractivity contribution in [3.63, 3.8) is 0 Å². The molecule has 2 aromatic rings. The number of sulfonamides is 1. The first kappa shape index (κ1) is 19.8. The zero-order valence-corrected chi connectivity index (χ0v) is 17.0. The summed E-state index contributed by atoms with van der Waals surface area (Å²) in [5.41, 5.74) is 3.52. The van der Waals surface area contributed by atoms with Crippen LogP contribution in [-0.4, -0.2) is 50.3 Å². The highest BCUT2D eigenvalue weighted by atomic mass is 32.2. The quantitative estimate of drug-likeness (QED) is 0.789. The van der Waals surface area contributed by atoms with Crippen LogP contribution in [0.3, 0.4) is 0 Å². The molecule has 144 valence electrons. The average Bonchev–Trinajstić information content (AvgIpc) is 2.90. The van der Waals surface area contributed by atoms with Crippen LogP contribution in [-0.2, 0) is 10.0 Å². The second kappa shape index (κ2) is 8.83. The predicted octanol–water partition coefficient (Wildman–Crippen LogP) is 3.71. The molecule has 0 aliphatic carbocycles. The largest absolute Gasteiger partial charge is 0.298 e. The van der Waals surface area contributed by atoms with Crippen molar-refractivity contribution in [2.24, 2.45) is 0 Å². The summed E-state index contributed by atoms with van der Waals surface area (Å²) >= 11 is 0. The minimum absolute atomic E-state index is 0.390. The first-order chi connectivity index (χ1) is 12.9. The molecule has 1 saturated heterocycles. The number of aryl methyl sites for hydroxylation is 2. The Bertz CT molecular complexity index is 872. The lowest BCUT2D eigenvalue weighted by Gasteiger charge is -2.21. The normalized spacial score (nSPS) is 17.3. The van der Waals surface area contributed by atoms with Crippen molar-refractivity contribution >= 4 is 16.1 Å². The van der Waals surface area contributed by atoms with E-state index in [9.17, 15) is 8.42 Å². The summed E-state index contributed by atoms with van der Waals surface area (Å²) in [5.74, 6) is 0. The molecule has 27 heavy (non-hydrogen) atoms. The van der Waals surface area contributed by atoms with Crippen LogP contribution < -0.4 is 0 Å². The second-order valence-corrected chi connectivity index (χ2v) is 9.12. The second-order valence-electron chi connectivity index (χ2n) is 7.18. The third-order valence-electron chi connectivity index (χ3n) is 4.96. The van der Waals surface area contributed by atoms with Crippen LogP contribution in [0.4, 0.5) is 0 Å². The fourth-order valence-corrected chi connectivity index (χ4v) is 4.71. The smallest absolute Gasteiger partial charge is 0.243 e. The van der Waals surface area contributed by atoms with Gasteiger partial charge in [-0.05, 0) is 44.5 Å². The summed E-state index contributed by atoms with van der Waals surface area (Å²) in [7, 11) is -3.40. The van der Waals surface area contributed by atoms with E-state index in [-0.39, 0.29) is 0 Å². The summed E-state index contributed by atoms with van der Waals surface area (Å²) < 4.78 is 27.4. The van der Waals surface area contributed by atoms with E-state index >= 15 is 0 Å². The van der Waals surface area contributed by atoms with Gasteiger partial charge in [0.2, 0.25) is 10.0 Å². The third kappa shape index (κ3) is 5.28. The number of nitrogens with zero attached hydrogens (tertiary/aromatic N) is 2. The van der Waals surface area contributed by atoms with Gasteiger partial charge in [-0.3, -0.25) is 4.90 Å². The van der Waals surface area contributed by atoms with Gasteiger partial charge < -0.3 is 0 Å². The molecule has 0 spiro atoms. The monoisotopic (exact) mass is 384 g/mol. The van der Waals surface area contributed by atoms with Crippen LogP contribution in [0.1, 0.15) is 23.1 Å². The molecule has 0 saturated carbocycles. The van der Waals surface area contributed by atoms with E-state index in [0.29, 0.717) is 18.0 Å². The molecule has 0 radical (unpaired) electrons. The topological polar surface area (TPSA) is 40.6 Å². The number of hydrogen-bond acceptors (Lipinski definition) is 3. The first-order valence-corrected chi connectivity index (χ1v) is 10.9. The summed E-state index contributed by atoms with van der Waals surface area (Å²) in [6.45, 7) is 7.67. The van der Waals surface area contributed by atoms with E-state index in [2.05, 4.69) is 48.2 Å². The van der Waals surface area contributed by atoms with E-state index in [1.54, 1.807) is 16.4 Å². The molecule has 1 fully saturated rings. The molecule has 4 nitrogen and oxygen atoms in total. The van der Waals surface area contributed by atoms with Crippen LogP contribution in [0.2, 0.25) is 0 Å². The Hall–Kier alpha value is -1.95. The standard InChI is InChI=1S/C22H28N2O2S/c1-19-6-10-21(11-7-19)5-3-14-23-15-4-16-24(18-17-23)27(25,26)22-12-8-20(2)9-13-22/h3,5-13H,4,14-18H2,1-2H3. The molecule has 5 heteroatoms. The van der Waals surface area contributed by atoms with Gasteiger partial charge in [-0.1, -0.05) is 59.7 Å². The molecule has 1 heterocycles. The van der Waals surface area contributed by atoms with Crippen molar-refractivity contribution in [3.05, 3.63) is 71.3 Å². The highest BCUT2D eigenvalue weighted by Crippen LogP contribution is 2.18. The van der Waals surface area contributed by atoms with Gasteiger partial charge >= 0.3 is 0 Å². The summed E-state index contributed by atoms with van der Waals surface area (Å²) in [6, 6.07) is 15.6. The lowest BCUT2D eigenvalue weighted by atomic mass is 10.1. The molecule has 3 rings (SSSR count). The number of hydrogen-bond donors (Lipinski definition) is 0.